The first kappa shape index (κ1) is 12.4. The third-order valence-corrected chi connectivity index (χ3v) is 3.01. The molecular weight excluding hydrogens is 204 g/mol. The summed E-state index contributed by atoms with van der Waals surface area (Å²) in [6.07, 6.45) is -2.15. The molecule has 3 nitrogen and oxygen atoms in total. The number of hydrogen-bond acceptors (Lipinski definition) is 2. The number of likely N-dealkylation sites (tertiary alicyclic amines) is 1. The second-order valence-electron chi connectivity index (χ2n) is 4.76. The van der Waals surface area contributed by atoms with Gasteiger partial charge >= 0.3 is 0 Å². The minimum absolute atomic E-state index is 0.165. The third kappa shape index (κ3) is 2.12. The number of halogens is 2. The molecule has 1 fully saturated rings. The third-order valence-electron chi connectivity index (χ3n) is 3.01. The molecule has 1 aliphatic heterocycles. The molecule has 1 heterocycles. The van der Waals surface area contributed by atoms with E-state index in [9.17, 15) is 18.7 Å². The van der Waals surface area contributed by atoms with Crippen molar-refractivity contribution < 1.29 is 18.7 Å². The highest BCUT2D eigenvalue weighted by Gasteiger charge is 2.48. The highest BCUT2D eigenvalue weighted by atomic mass is 19.3. The minimum atomic E-state index is -2.68. The van der Waals surface area contributed by atoms with Crippen LogP contribution in [0.1, 0.15) is 27.2 Å². The van der Waals surface area contributed by atoms with Gasteiger partial charge in [0.05, 0.1) is 18.7 Å². The molecule has 1 amide bonds. The Kier molecular flexibility index (Phi) is 3.05. The van der Waals surface area contributed by atoms with E-state index < -0.39 is 23.3 Å². The van der Waals surface area contributed by atoms with Crippen molar-refractivity contribution in [3.05, 3.63) is 0 Å². The summed E-state index contributed by atoms with van der Waals surface area (Å²) in [7, 11) is 0. The molecule has 0 spiro atoms. The smallest absolute Gasteiger partial charge is 0.252 e. The van der Waals surface area contributed by atoms with Gasteiger partial charge in [0.1, 0.15) is 5.41 Å². The lowest BCUT2D eigenvalue weighted by Crippen LogP contribution is -2.65. The molecule has 0 bridgehead atoms. The van der Waals surface area contributed by atoms with Crippen molar-refractivity contribution in [3.63, 3.8) is 0 Å². The summed E-state index contributed by atoms with van der Waals surface area (Å²) < 4.78 is 25.1. The molecule has 15 heavy (non-hydrogen) atoms. The number of nitrogens with zero attached hydrogens (tertiary/aromatic N) is 1. The number of aliphatic hydroxyl groups is 1. The monoisotopic (exact) mass is 221 g/mol. The second kappa shape index (κ2) is 3.70. The maximum Gasteiger partial charge on any atom is 0.252 e. The van der Waals surface area contributed by atoms with Gasteiger partial charge in [-0.2, -0.15) is 0 Å². The van der Waals surface area contributed by atoms with Crippen molar-refractivity contribution >= 4 is 5.91 Å². The Morgan fingerprint density at radius 1 is 1.53 bits per heavy atom. The van der Waals surface area contributed by atoms with Gasteiger partial charge in [0.2, 0.25) is 5.91 Å². The molecular formula is C10H17F2NO2. The zero-order valence-corrected chi connectivity index (χ0v) is 9.26. The first-order valence-corrected chi connectivity index (χ1v) is 5.03. The number of amides is 1. The van der Waals surface area contributed by atoms with Crippen LogP contribution in [0, 0.1) is 5.41 Å². The zero-order valence-electron chi connectivity index (χ0n) is 9.26. The molecule has 1 rings (SSSR count). The zero-order chi connectivity index (χ0) is 11.9. The van der Waals surface area contributed by atoms with E-state index in [2.05, 4.69) is 0 Å². The van der Waals surface area contributed by atoms with Crippen LogP contribution in [0.3, 0.4) is 0 Å². The van der Waals surface area contributed by atoms with Gasteiger partial charge in [-0.3, -0.25) is 4.79 Å². The van der Waals surface area contributed by atoms with E-state index in [1.54, 1.807) is 6.92 Å². The predicted octanol–water partition coefficient (Wildman–Crippen LogP) is 1.26. The summed E-state index contributed by atoms with van der Waals surface area (Å²) in [6, 6.07) is 0. The molecule has 0 aromatic carbocycles. The summed E-state index contributed by atoms with van der Waals surface area (Å²) in [5.74, 6) is -0.587. The van der Waals surface area contributed by atoms with Gasteiger partial charge in [0, 0.05) is 0 Å². The largest absolute Gasteiger partial charge is 0.386 e. The maximum absolute atomic E-state index is 12.5. The van der Waals surface area contributed by atoms with Crippen LogP contribution in [-0.2, 0) is 4.79 Å². The summed E-state index contributed by atoms with van der Waals surface area (Å²) >= 11 is 0. The molecule has 0 aromatic heterocycles. The van der Waals surface area contributed by atoms with Gasteiger partial charge in [0.25, 0.3) is 6.43 Å². The number of carbonyl (C=O) groups excluding carboxylic acids is 1. The summed E-state index contributed by atoms with van der Waals surface area (Å²) in [5.41, 5.74) is -2.52. The molecule has 0 atom stereocenters. The average molecular weight is 221 g/mol. The van der Waals surface area contributed by atoms with Crippen molar-refractivity contribution in [2.24, 2.45) is 5.41 Å². The van der Waals surface area contributed by atoms with E-state index >= 15 is 0 Å². The highest BCUT2D eigenvalue weighted by molar-refractivity contribution is 5.83. The summed E-state index contributed by atoms with van der Waals surface area (Å²) in [4.78, 5) is 12.9. The Morgan fingerprint density at radius 3 is 2.33 bits per heavy atom. The molecule has 1 N–H and O–H groups in total. The summed E-state index contributed by atoms with van der Waals surface area (Å²) in [6.45, 7) is 4.59. The predicted molar refractivity (Wildman–Crippen MR) is 51.6 cm³/mol. The molecule has 0 saturated carbocycles. The molecule has 0 aliphatic carbocycles. The second-order valence-corrected chi connectivity index (χ2v) is 4.76. The summed E-state index contributed by atoms with van der Waals surface area (Å²) in [5, 5.41) is 9.66. The molecule has 1 saturated heterocycles. The number of β-amino-alcohol motifs (C(OH)–C–C–N with tert-alkyl or cyclic N) is 1. The Morgan fingerprint density at radius 2 is 2.00 bits per heavy atom. The van der Waals surface area contributed by atoms with Gasteiger partial charge in [0.15, 0.2) is 0 Å². The number of hydrogen-bond donors (Lipinski definition) is 1. The highest BCUT2D eigenvalue weighted by Crippen LogP contribution is 2.33. The van der Waals surface area contributed by atoms with E-state index in [0.29, 0.717) is 6.42 Å². The van der Waals surface area contributed by atoms with Gasteiger partial charge in [-0.05, 0) is 20.3 Å². The lowest BCUT2D eigenvalue weighted by atomic mass is 9.85. The Bertz CT molecular complexity index is 260. The van der Waals surface area contributed by atoms with Crippen LogP contribution in [-0.4, -0.2) is 41.0 Å². The van der Waals surface area contributed by atoms with Crippen molar-refractivity contribution in [1.82, 2.24) is 4.90 Å². The maximum atomic E-state index is 12.5. The van der Waals surface area contributed by atoms with E-state index in [-0.39, 0.29) is 13.1 Å². The van der Waals surface area contributed by atoms with Crippen molar-refractivity contribution in [1.29, 1.82) is 0 Å². The number of rotatable bonds is 3. The quantitative estimate of drug-likeness (QED) is 0.779. The van der Waals surface area contributed by atoms with Crippen molar-refractivity contribution in [3.8, 4) is 0 Å². The van der Waals surface area contributed by atoms with Crippen LogP contribution in [0.5, 0.6) is 0 Å². The molecule has 88 valence electrons. The first-order chi connectivity index (χ1) is 6.73. The average Bonchev–Trinajstić information content (AvgIpc) is 2.11. The van der Waals surface area contributed by atoms with Crippen LogP contribution in [0.25, 0.3) is 0 Å². The van der Waals surface area contributed by atoms with Crippen molar-refractivity contribution in [2.75, 3.05) is 13.1 Å². The van der Waals surface area contributed by atoms with Gasteiger partial charge in [-0.1, -0.05) is 6.92 Å². The van der Waals surface area contributed by atoms with Crippen LogP contribution in [0.2, 0.25) is 0 Å². The van der Waals surface area contributed by atoms with Crippen molar-refractivity contribution in [2.45, 2.75) is 39.2 Å². The molecule has 0 radical (unpaired) electrons. The lowest BCUT2D eigenvalue weighted by molar-refractivity contribution is -0.172. The first-order valence-electron chi connectivity index (χ1n) is 5.03. The van der Waals surface area contributed by atoms with Gasteiger partial charge < -0.3 is 10.0 Å². The fourth-order valence-corrected chi connectivity index (χ4v) is 1.53. The molecule has 0 unspecified atom stereocenters. The normalized spacial score (nSPS) is 20.3. The molecule has 5 heteroatoms. The fourth-order valence-electron chi connectivity index (χ4n) is 1.53. The number of carbonyl (C=O) groups is 1. The minimum Gasteiger partial charge on any atom is -0.386 e. The van der Waals surface area contributed by atoms with Crippen LogP contribution < -0.4 is 0 Å². The van der Waals surface area contributed by atoms with E-state index in [1.807, 2.05) is 0 Å². The van der Waals surface area contributed by atoms with Crippen LogP contribution >= 0.6 is 0 Å². The van der Waals surface area contributed by atoms with E-state index in [4.69, 9.17) is 0 Å². The van der Waals surface area contributed by atoms with Gasteiger partial charge in [-0.25, -0.2) is 8.78 Å². The lowest BCUT2D eigenvalue weighted by Gasteiger charge is -2.48. The van der Waals surface area contributed by atoms with E-state index in [0.717, 1.165) is 0 Å². The fraction of sp³-hybridized carbons (Fsp3) is 0.900. The molecule has 0 aromatic rings. The SMILES string of the molecule is CCC1(O)CN(C(=O)C(C)(C)C(F)F)C1. The van der Waals surface area contributed by atoms with E-state index in [1.165, 1.54) is 18.7 Å². The topological polar surface area (TPSA) is 40.5 Å². The Labute approximate surface area is 88.1 Å². The Hall–Kier alpha value is -0.710. The number of alkyl halides is 2. The van der Waals surface area contributed by atoms with Crippen LogP contribution in [0.15, 0.2) is 0 Å². The molecule has 1 aliphatic rings. The standard InChI is InChI=1S/C10H17F2NO2/c1-4-10(15)5-13(6-10)8(14)9(2,3)7(11)12/h7,15H,4-6H2,1-3H3. The van der Waals surface area contributed by atoms with Gasteiger partial charge in [-0.15, -0.1) is 0 Å². The van der Waals surface area contributed by atoms with Crippen LogP contribution in [0.4, 0.5) is 8.78 Å². The Balaban J connectivity index is 2.59.